The molecule has 160 valence electrons. The highest BCUT2D eigenvalue weighted by Crippen LogP contribution is 2.29. The number of para-hydroxylation sites is 2. The highest BCUT2D eigenvalue weighted by Gasteiger charge is 2.28. The van der Waals surface area contributed by atoms with E-state index < -0.39 is 22.3 Å². The van der Waals surface area contributed by atoms with E-state index in [-0.39, 0.29) is 11.5 Å². The SMILES string of the molecule is Cc1ccc(S(=O)(=O)OCC(O)C(c2ccccc2)n2c(C)nc3ccccc32)cc1. The standard InChI is InChI=1S/C24H24N2O4S/c1-17-12-14-20(15-13-17)31(28,29)30-16-23(27)24(19-8-4-3-5-9-19)26-18(2)25-21-10-6-7-11-22(21)26/h3-15,23-24,27H,16H2,1-2H3. The van der Waals surface area contributed by atoms with E-state index in [1.54, 1.807) is 12.1 Å². The molecule has 0 aliphatic rings. The van der Waals surface area contributed by atoms with Crippen LogP contribution < -0.4 is 0 Å². The van der Waals surface area contributed by atoms with Gasteiger partial charge in [0.05, 0.1) is 28.6 Å². The maximum absolute atomic E-state index is 12.6. The molecule has 3 aromatic carbocycles. The van der Waals surface area contributed by atoms with Gasteiger partial charge >= 0.3 is 0 Å². The molecule has 0 bridgehead atoms. The monoisotopic (exact) mass is 436 g/mol. The van der Waals surface area contributed by atoms with Gasteiger partial charge in [-0.25, -0.2) is 4.98 Å². The molecule has 2 atom stereocenters. The largest absolute Gasteiger partial charge is 0.388 e. The van der Waals surface area contributed by atoms with Gasteiger partial charge < -0.3 is 9.67 Å². The van der Waals surface area contributed by atoms with Crippen molar-refractivity contribution in [2.24, 2.45) is 0 Å². The molecule has 1 N–H and O–H groups in total. The molecule has 7 heteroatoms. The zero-order valence-corrected chi connectivity index (χ0v) is 18.2. The van der Waals surface area contributed by atoms with Crippen LogP contribution >= 0.6 is 0 Å². The van der Waals surface area contributed by atoms with Gasteiger partial charge in [0.2, 0.25) is 0 Å². The molecule has 0 aliphatic carbocycles. The average molecular weight is 437 g/mol. The average Bonchev–Trinajstić information content (AvgIpc) is 3.09. The van der Waals surface area contributed by atoms with Gasteiger partial charge in [0.15, 0.2) is 0 Å². The number of rotatable bonds is 7. The summed E-state index contributed by atoms with van der Waals surface area (Å²) in [5.74, 6) is 0.718. The molecule has 0 saturated carbocycles. The number of aromatic nitrogens is 2. The third-order valence-electron chi connectivity index (χ3n) is 5.26. The molecule has 0 spiro atoms. The first-order valence-corrected chi connectivity index (χ1v) is 11.4. The number of aryl methyl sites for hydroxylation is 2. The fraction of sp³-hybridized carbons (Fsp3) is 0.208. The van der Waals surface area contributed by atoms with Gasteiger partial charge in [0.1, 0.15) is 11.9 Å². The summed E-state index contributed by atoms with van der Waals surface area (Å²) >= 11 is 0. The quantitative estimate of drug-likeness (QED) is 0.443. The second kappa shape index (κ2) is 8.63. The molecule has 31 heavy (non-hydrogen) atoms. The second-order valence-electron chi connectivity index (χ2n) is 7.49. The van der Waals surface area contributed by atoms with E-state index in [9.17, 15) is 13.5 Å². The fourth-order valence-corrected chi connectivity index (χ4v) is 4.66. The first kappa shape index (κ1) is 21.2. The molecule has 0 aliphatic heterocycles. The minimum atomic E-state index is -3.99. The smallest absolute Gasteiger partial charge is 0.297 e. The maximum Gasteiger partial charge on any atom is 0.297 e. The van der Waals surface area contributed by atoms with E-state index in [0.717, 1.165) is 28.0 Å². The number of hydrogen-bond donors (Lipinski definition) is 1. The topological polar surface area (TPSA) is 81.4 Å². The predicted octanol–water partition coefficient (Wildman–Crippen LogP) is 4.01. The molecule has 6 nitrogen and oxygen atoms in total. The van der Waals surface area contributed by atoms with Crippen LogP contribution in [0.1, 0.15) is 23.0 Å². The van der Waals surface area contributed by atoms with Crippen LogP contribution in [0.2, 0.25) is 0 Å². The summed E-state index contributed by atoms with van der Waals surface area (Å²) in [4.78, 5) is 4.66. The van der Waals surface area contributed by atoms with Gasteiger partial charge in [-0.15, -0.1) is 0 Å². The van der Waals surface area contributed by atoms with Gasteiger partial charge in [-0.3, -0.25) is 4.18 Å². The van der Waals surface area contributed by atoms with Crippen LogP contribution in [-0.4, -0.2) is 35.8 Å². The van der Waals surface area contributed by atoms with Crippen molar-refractivity contribution in [3.63, 3.8) is 0 Å². The molecule has 0 radical (unpaired) electrons. The van der Waals surface area contributed by atoms with Crippen LogP contribution in [0.5, 0.6) is 0 Å². The number of hydrogen-bond acceptors (Lipinski definition) is 5. The first-order valence-electron chi connectivity index (χ1n) is 9.99. The minimum Gasteiger partial charge on any atom is -0.388 e. The van der Waals surface area contributed by atoms with E-state index in [1.165, 1.54) is 12.1 Å². The number of benzene rings is 3. The molecule has 0 fully saturated rings. The Morgan fingerprint density at radius 2 is 1.58 bits per heavy atom. The van der Waals surface area contributed by atoms with E-state index in [1.807, 2.05) is 73.0 Å². The normalized spacial score (nSPS) is 13.9. The van der Waals surface area contributed by atoms with Crippen molar-refractivity contribution in [1.29, 1.82) is 0 Å². The zero-order valence-electron chi connectivity index (χ0n) is 17.3. The number of imidazole rings is 1. The molecule has 0 amide bonds. The summed E-state index contributed by atoms with van der Waals surface area (Å²) in [5, 5.41) is 11.1. The minimum absolute atomic E-state index is 0.0609. The number of aliphatic hydroxyl groups is 1. The second-order valence-corrected chi connectivity index (χ2v) is 9.11. The number of aliphatic hydroxyl groups excluding tert-OH is 1. The van der Waals surface area contributed by atoms with Crippen molar-refractivity contribution in [2.45, 2.75) is 30.9 Å². The third kappa shape index (κ3) is 4.39. The molecule has 1 aromatic heterocycles. The van der Waals surface area contributed by atoms with Crippen LogP contribution in [0.25, 0.3) is 11.0 Å². The summed E-state index contributed by atoms with van der Waals surface area (Å²) < 4.78 is 32.4. The summed E-state index contributed by atoms with van der Waals surface area (Å²) in [5.41, 5.74) is 3.44. The molecule has 1 heterocycles. The van der Waals surface area contributed by atoms with Crippen molar-refractivity contribution in [1.82, 2.24) is 9.55 Å². The Bertz CT molecular complexity index is 1280. The molecule has 2 unspecified atom stereocenters. The third-order valence-corrected chi connectivity index (χ3v) is 6.56. The van der Waals surface area contributed by atoms with Gasteiger partial charge in [-0.2, -0.15) is 8.42 Å². The highest BCUT2D eigenvalue weighted by atomic mass is 32.2. The molecular weight excluding hydrogens is 412 g/mol. The van der Waals surface area contributed by atoms with Gasteiger partial charge in [-0.05, 0) is 43.7 Å². The Balaban J connectivity index is 1.68. The van der Waals surface area contributed by atoms with Crippen molar-refractivity contribution in [3.05, 3.63) is 95.8 Å². The van der Waals surface area contributed by atoms with Crippen LogP contribution in [0.15, 0.2) is 83.8 Å². The summed E-state index contributed by atoms with van der Waals surface area (Å²) in [6.07, 6.45) is -1.13. The van der Waals surface area contributed by atoms with Crippen LogP contribution in [0.3, 0.4) is 0 Å². The fourth-order valence-electron chi connectivity index (χ4n) is 3.73. The van der Waals surface area contributed by atoms with E-state index in [0.29, 0.717) is 0 Å². The van der Waals surface area contributed by atoms with Crippen LogP contribution in [0.4, 0.5) is 0 Å². The molecule has 4 rings (SSSR count). The molecule has 4 aromatic rings. The Morgan fingerprint density at radius 3 is 2.29 bits per heavy atom. The van der Waals surface area contributed by atoms with Gasteiger partial charge in [-0.1, -0.05) is 60.2 Å². The summed E-state index contributed by atoms with van der Waals surface area (Å²) in [7, 11) is -3.99. The van der Waals surface area contributed by atoms with Gasteiger partial charge in [0, 0.05) is 0 Å². The zero-order chi connectivity index (χ0) is 22.0. The van der Waals surface area contributed by atoms with E-state index in [4.69, 9.17) is 4.18 Å². The predicted molar refractivity (Wildman–Crippen MR) is 119 cm³/mol. The maximum atomic E-state index is 12.6. The lowest BCUT2D eigenvalue weighted by atomic mass is 10.0. The molecule has 0 saturated heterocycles. The lowest BCUT2D eigenvalue weighted by Crippen LogP contribution is -2.31. The Hall–Kier alpha value is -3.00. The lowest BCUT2D eigenvalue weighted by Gasteiger charge is -2.26. The van der Waals surface area contributed by atoms with Crippen LogP contribution in [-0.2, 0) is 14.3 Å². The Labute approximate surface area is 181 Å². The Morgan fingerprint density at radius 1 is 0.935 bits per heavy atom. The van der Waals surface area contributed by atoms with E-state index in [2.05, 4.69) is 4.98 Å². The van der Waals surface area contributed by atoms with Crippen LogP contribution in [0, 0.1) is 13.8 Å². The van der Waals surface area contributed by atoms with Crippen molar-refractivity contribution >= 4 is 21.2 Å². The highest BCUT2D eigenvalue weighted by molar-refractivity contribution is 7.86. The number of nitrogens with zero attached hydrogens (tertiary/aromatic N) is 2. The summed E-state index contributed by atoms with van der Waals surface area (Å²) in [6, 6.07) is 23.0. The first-order chi connectivity index (χ1) is 14.9. The lowest BCUT2D eigenvalue weighted by molar-refractivity contribution is 0.0777. The van der Waals surface area contributed by atoms with Crippen molar-refractivity contribution in [3.8, 4) is 0 Å². The Kier molecular flexibility index (Phi) is 5.91. The summed E-state index contributed by atoms with van der Waals surface area (Å²) in [6.45, 7) is 3.36. The molecular formula is C24H24N2O4S. The van der Waals surface area contributed by atoms with E-state index >= 15 is 0 Å². The number of fused-ring (bicyclic) bond motifs is 1. The van der Waals surface area contributed by atoms with Crippen molar-refractivity contribution in [2.75, 3.05) is 6.61 Å². The van der Waals surface area contributed by atoms with Gasteiger partial charge in [0.25, 0.3) is 10.1 Å². The van der Waals surface area contributed by atoms with Crippen molar-refractivity contribution < 1.29 is 17.7 Å².